The van der Waals surface area contributed by atoms with Crippen LogP contribution in [0.15, 0.2) is 0 Å². The van der Waals surface area contributed by atoms with E-state index in [1.807, 2.05) is 0 Å². The van der Waals surface area contributed by atoms with Crippen LogP contribution in [-0.2, 0) is 0 Å². The van der Waals surface area contributed by atoms with E-state index in [2.05, 4.69) is 55.4 Å². The summed E-state index contributed by atoms with van der Waals surface area (Å²) in [6, 6.07) is 0. The zero-order valence-electron chi connectivity index (χ0n) is 23.7. The van der Waals surface area contributed by atoms with E-state index < -0.39 is 0 Å². The lowest BCUT2D eigenvalue weighted by atomic mass is 10.1. The quantitative estimate of drug-likeness (QED) is 0.123. The second-order valence-corrected chi connectivity index (χ2v) is 9.92. The Labute approximate surface area is 200 Å². The lowest BCUT2D eigenvalue weighted by molar-refractivity contribution is -0.923. The van der Waals surface area contributed by atoms with E-state index in [9.17, 15) is 0 Å². The molecular formula is C29H66N2+2. The van der Waals surface area contributed by atoms with E-state index in [1.165, 1.54) is 145 Å². The highest BCUT2D eigenvalue weighted by molar-refractivity contribution is 4.47. The number of hydrogen-bond acceptors (Lipinski definition) is 0. The average molecular weight is 443 g/mol. The molecule has 0 spiro atoms. The summed E-state index contributed by atoms with van der Waals surface area (Å²) in [5.74, 6) is 0. The zero-order valence-corrected chi connectivity index (χ0v) is 23.7. The van der Waals surface area contributed by atoms with Crippen LogP contribution in [0.3, 0.4) is 0 Å². The molecular weight excluding hydrogens is 376 g/mol. The fraction of sp³-hybridized carbons (Fsp3) is 1.00. The maximum atomic E-state index is 2.34. The third-order valence-electron chi connectivity index (χ3n) is 8.25. The molecule has 0 N–H and O–H groups in total. The number of hydrogen-bond donors (Lipinski definition) is 0. The van der Waals surface area contributed by atoms with Gasteiger partial charge in [-0.1, -0.05) is 71.6 Å². The molecule has 0 saturated heterocycles. The SMILES string of the molecule is CCCCCCCCC[N+](CC)(CC)CC.CCCCCCCC[N+](CC)(CC)CC. The summed E-state index contributed by atoms with van der Waals surface area (Å²) >= 11 is 0. The van der Waals surface area contributed by atoms with E-state index in [0.29, 0.717) is 0 Å². The van der Waals surface area contributed by atoms with E-state index in [-0.39, 0.29) is 0 Å². The third-order valence-corrected chi connectivity index (χ3v) is 8.25. The summed E-state index contributed by atoms with van der Waals surface area (Å²) in [6.07, 6.45) is 18.6. The fourth-order valence-corrected chi connectivity index (χ4v) is 4.92. The first-order valence-electron chi connectivity index (χ1n) is 14.7. The van der Waals surface area contributed by atoms with Gasteiger partial charge in [0.15, 0.2) is 0 Å². The van der Waals surface area contributed by atoms with Crippen molar-refractivity contribution >= 4 is 0 Å². The van der Waals surface area contributed by atoms with Gasteiger partial charge in [0.05, 0.1) is 52.4 Å². The molecule has 0 aromatic rings. The van der Waals surface area contributed by atoms with Crippen molar-refractivity contribution in [3.63, 3.8) is 0 Å². The van der Waals surface area contributed by atoms with Crippen molar-refractivity contribution < 1.29 is 8.97 Å². The maximum absolute atomic E-state index is 2.34. The molecule has 31 heavy (non-hydrogen) atoms. The molecule has 0 radical (unpaired) electrons. The van der Waals surface area contributed by atoms with Crippen molar-refractivity contribution in [2.45, 2.75) is 139 Å². The van der Waals surface area contributed by atoms with Gasteiger partial charge in [-0.05, 0) is 67.2 Å². The molecule has 0 amide bonds. The Bertz CT molecular complexity index is 315. The van der Waals surface area contributed by atoms with Crippen molar-refractivity contribution in [3.05, 3.63) is 0 Å². The normalized spacial score (nSPS) is 12.0. The minimum absolute atomic E-state index is 1.31. The molecule has 0 heterocycles. The van der Waals surface area contributed by atoms with Crippen molar-refractivity contribution in [2.75, 3.05) is 52.4 Å². The van der Waals surface area contributed by atoms with Gasteiger partial charge >= 0.3 is 0 Å². The molecule has 0 saturated carbocycles. The molecule has 0 aromatic carbocycles. The monoisotopic (exact) mass is 443 g/mol. The van der Waals surface area contributed by atoms with Crippen LogP contribution in [0.25, 0.3) is 0 Å². The smallest absolute Gasteiger partial charge is 0.0786 e. The average Bonchev–Trinajstić information content (AvgIpc) is 2.82. The van der Waals surface area contributed by atoms with E-state index in [1.54, 1.807) is 0 Å². The van der Waals surface area contributed by atoms with Crippen LogP contribution in [0, 0.1) is 0 Å². The number of nitrogens with zero attached hydrogens (tertiary/aromatic N) is 2. The highest BCUT2D eigenvalue weighted by atomic mass is 15.3. The Morgan fingerprint density at radius 2 is 0.516 bits per heavy atom. The Hall–Kier alpha value is -0.0800. The van der Waals surface area contributed by atoms with Gasteiger partial charge in [0.1, 0.15) is 0 Å². The van der Waals surface area contributed by atoms with E-state index in [0.717, 1.165) is 0 Å². The van der Waals surface area contributed by atoms with Crippen LogP contribution in [0.4, 0.5) is 0 Å². The summed E-state index contributed by atoms with van der Waals surface area (Å²) < 4.78 is 2.66. The third kappa shape index (κ3) is 17.1. The molecule has 2 heteroatoms. The molecule has 0 aliphatic rings. The van der Waals surface area contributed by atoms with Gasteiger partial charge in [0.2, 0.25) is 0 Å². The molecule has 0 aliphatic heterocycles. The molecule has 2 nitrogen and oxygen atoms in total. The summed E-state index contributed by atoms with van der Waals surface area (Å²) in [4.78, 5) is 0. The van der Waals surface area contributed by atoms with Crippen molar-refractivity contribution in [1.29, 1.82) is 0 Å². The van der Waals surface area contributed by atoms with Gasteiger partial charge < -0.3 is 8.97 Å². The highest BCUT2D eigenvalue weighted by Gasteiger charge is 2.20. The summed E-state index contributed by atoms with van der Waals surface area (Å²) in [5.41, 5.74) is 0. The van der Waals surface area contributed by atoms with Gasteiger partial charge in [-0.3, -0.25) is 0 Å². The van der Waals surface area contributed by atoms with Gasteiger partial charge in [-0.25, -0.2) is 0 Å². The van der Waals surface area contributed by atoms with Gasteiger partial charge in [0.25, 0.3) is 0 Å². The summed E-state index contributed by atoms with van der Waals surface area (Å²) in [6.45, 7) is 29.3. The summed E-state index contributed by atoms with van der Waals surface area (Å²) in [5, 5.41) is 0. The van der Waals surface area contributed by atoms with Crippen molar-refractivity contribution in [2.24, 2.45) is 0 Å². The summed E-state index contributed by atoms with van der Waals surface area (Å²) in [7, 11) is 0. The van der Waals surface area contributed by atoms with Gasteiger partial charge in [0, 0.05) is 0 Å². The van der Waals surface area contributed by atoms with Crippen LogP contribution in [0.5, 0.6) is 0 Å². The largest absolute Gasteiger partial charge is 0.324 e. The predicted octanol–water partition coefficient (Wildman–Crippen LogP) is 8.84. The molecule has 0 bridgehead atoms. The number of unbranched alkanes of at least 4 members (excludes halogenated alkanes) is 11. The van der Waals surface area contributed by atoms with Crippen molar-refractivity contribution in [3.8, 4) is 0 Å². The first-order chi connectivity index (χ1) is 15.0. The second-order valence-electron chi connectivity index (χ2n) is 9.92. The molecule has 0 rings (SSSR count). The fourth-order valence-electron chi connectivity index (χ4n) is 4.92. The van der Waals surface area contributed by atoms with Crippen LogP contribution in [-0.4, -0.2) is 61.3 Å². The van der Waals surface area contributed by atoms with Crippen LogP contribution < -0.4 is 0 Å². The molecule has 0 unspecified atom stereocenters. The molecule has 0 fully saturated rings. The molecule has 190 valence electrons. The Morgan fingerprint density at radius 1 is 0.290 bits per heavy atom. The number of quaternary nitrogens is 2. The minimum atomic E-state index is 1.31. The Balaban J connectivity index is 0. The predicted molar refractivity (Wildman–Crippen MR) is 145 cm³/mol. The van der Waals surface area contributed by atoms with Crippen LogP contribution in [0.2, 0.25) is 0 Å². The highest BCUT2D eigenvalue weighted by Crippen LogP contribution is 2.13. The minimum Gasteiger partial charge on any atom is -0.324 e. The van der Waals surface area contributed by atoms with Crippen LogP contribution in [0.1, 0.15) is 139 Å². The van der Waals surface area contributed by atoms with E-state index in [4.69, 9.17) is 0 Å². The van der Waals surface area contributed by atoms with Crippen molar-refractivity contribution in [1.82, 2.24) is 0 Å². The lowest BCUT2D eigenvalue weighted by Crippen LogP contribution is -2.48. The molecule has 0 aliphatic carbocycles. The first-order valence-corrected chi connectivity index (χ1v) is 14.7. The molecule has 0 atom stereocenters. The first kappa shape index (κ1) is 33.1. The lowest BCUT2D eigenvalue weighted by Gasteiger charge is -2.35. The van der Waals surface area contributed by atoms with Crippen LogP contribution >= 0.6 is 0 Å². The van der Waals surface area contributed by atoms with E-state index >= 15 is 0 Å². The van der Waals surface area contributed by atoms with Gasteiger partial charge in [-0.15, -0.1) is 0 Å². The zero-order chi connectivity index (χ0) is 23.8. The molecule has 0 aromatic heterocycles. The number of rotatable bonds is 21. The Morgan fingerprint density at radius 3 is 0.742 bits per heavy atom. The topological polar surface area (TPSA) is 0 Å². The second kappa shape index (κ2) is 23.1. The maximum Gasteiger partial charge on any atom is 0.0786 e. The Kier molecular flexibility index (Phi) is 24.7. The standard InChI is InChI=1S/C15H34N.C14H32N/c1-5-9-10-11-12-13-14-15-16(6-2,7-3)8-4;1-5-9-10-11-12-13-14-15(6-2,7-3)8-4/h5-15H2,1-4H3;5-14H2,1-4H3/q2*+1. The van der Waals surface area contributed by atoms with Gasteiger partial charge in [-0.2, -0.15) is 0 Å².